The maximum Gasteiger partial charge on any atom is 0.248 e. The molecule has 1 N–H and O–H groups in total. The van der Waals surface area contributed by atoms with E-state index in [0.717, 1.165) is 53.5 Å². The maximum absolute atomic E-state index is 13.7. The van der Waals surface area contributed by atoms with E-state index in [0.29, 0.717) is 30.5 Å². The van der Waals surface area contributed by atoms with Crippen molar-refractivity contribution < 1.29 is 18.4 Å². The van der Waals surface area contributed by atoms with Gasteiger partial charge in [0.25, 0.3) is 0 Å². The summed E-state index contributed by atoms with van der Waals surface area (Å²) in [7, 11) is 0. The van der Waals surface area contributed by atoms with E-state index in [1.54, 1.807) is 11.3 Å². The van der Waals surface area contributed by atoms with Crippen LogP contribution >= 0.6 is 11.3 Å². The van der Waals surface area contributed by atoms with Crippen LogP contribution in [-0.2, 0) is 16.0 Å². The van der Waals surface area contributed by atoms with Gasteiger partial charge in [0.2, 0.25) is 11.8 Å². The molecule has 10 heteroatoms. The van der Waals surface area contributed by atoms with E-state index in [9.17, 15) is 18.4 Å². The Hall–Kier alpha value is -2.20. The summed E-state index contributed by atoms with van der Waals surface area (Å²) in [6.07, 6.45) is 6.53. The first-order valence-corrected chi connectivity index (χ1v) is 15.3. The molecule has 214 valence electrons. The van der Waals surface area contributed by atoms with Crippen molar-refractivity contribution >= 4 is 23.5 Å². The Bertz CT molecular complexity index is 1140. The average molecular weight is 562 g/mol. The van der Waals surface area contributed by atoms with Gasteiger partial charge < -0.3 is 14.7 Å². The Morgan fingerprint density at radius 2 is 1.82 bits per heavy atom. The summed E-state index contributed by atoms with van der Waals surface area (Å²) in [4.78, 5) is 28.9. The Kier molecular flexibility index (Phi) is 8.52. The summed E-state index contributed by atoms with van der Waals surface area (Å²) in [5.41, 5.74) is 0. The molecule has 2 unspecified atom stereocenters. The smallest absolute Gasteiger partial charge is 0.248 e. The zero-order valence-corrected chi connectivity index (χ0v) is 24.1. The van der Waals surface area contributed by atoms with Crippen molar-refractivity contribution in [1.82, 2.24) is 25.0 Å². The maximum atomic E-state index is 13.7. The second-order valence-electron chi connectivity index (χ2n) is 12.0. The lowest BCUT2D eigenvalue weighted by molar-refractivity contribution is -0.130. The highest BCUT2D eigenvalue weighted by atomic mass is 32.1. The number of aldehydes is 1. The lowest BCUT2D eigenvalue weighted by Gasteiger charge is -2.40. The van der Waals surface area contributed by atoms with Gasteiger partial charge in [-0.2, -0.15) is 0 Å². The van der Waals surface area contributed by atoms with Crippen LogP contribution in [0.15, 0.2) is 12.1 Å². The van der Waals surface area contributed by atoms with Gasteiger partial charge in [0.1, 0.15) is 17.9 Å². The largest absolute Gasteiger partial charge is 0.348 e. The number of nitrogens with zero attached hydrogens (tertiary/aromatic N) is 4. The van der Waals surface area contributed by atoms with Crippen LogP contribution < -0.4 is 5.32 Å². The molecule has 0 spiro atoms. The number of halogens is 2. The number of thiophene rings is 1. The molecular formula is C29H41F2N5O2S. The zero-order chi connectivity index (χ0) is 27.7. The van der Waals surface area contributed by atoms with Crippen molar-refractivity contribution in [1.29, 1.82) is 0 Å². The number of aryl methyl sites for hydroxylation is 1. The summed E-state index contributed by atoms with van der Waals surface area (Å²) in [5.74, 6) is -0.750. The summed E-state index contributed by atoms with van der Waals surface area (Å²) in [5, 5.41) is 12.1. The lowest BCUT2D eigenvalue weighted by Crippen LogP contribution is -2.45. The number of fused-ring (bicyclic) bond motifs is 2. The minimum absolute atomic E-state index is 0.119. The predicted octanol–water partition coefficient (Wildman–Crippen LogP) is 5.75. The lowest BCUT2D eigenvalue weighted by atomic mass is 9.86. The Morgan fingerprint density at radius 1 is 1.13 bits per heavy atom. The van der Waals surface area contributed by atoms with Crippen LogP contribution in [0.1, 0.15) is 111 Å². The van der Waals surface area contributed by atoms with E-state index in [-0.39, 0.29) is 43.6 Å². The van der Waals surface area contributed by atoms with Gasteiger partial charge in [-0.15, -0.1) is 21.5 Å². The Labute approximate surface area is 233 Å². The molecule has 3 aliphatic rings. The number of hydrogen-bond donors (Lipinski definition) is 1. The molecule has 3 fully saturated rings. The molecule has 0 aromatic carbocycles. The van der Waals surface area contributed by atoms with Gasteiger partial charge in [-0.1, -0.05) is 13.8 Å². The predicted molar refractivity (Wildman–Crippen MR) is 147 cm³/mol. The number of aromatic nitrogens is 3. The molecule has 3 atom stereocenters. The van der Waals surface area contributed by atoms with Crippen molar-refractivity contribution in [3.63, 3.8) is 0 Å². The second kappa shape index (κ2) is 11.7. The van der Waals surface area contributed by atoms with Gasteiger partial charge >= 0.3 is 0 Å². The number of alkyl halides is 2. The Balaban J connectivity index is 1.26. The summed E-state index contributed by atoms with van der Waals surface area (Å²) in [6.45, 7) is 7.26. The van der Waals surface area contributed by atoms with Crippen molar-refractivity contribution in [2.45, 2.75) is 121 Å². The molecule has 2 bridgehead atoms. The number of carbonyl (C=O) groups is 2. The zero-order valence-electron chi connectivity index (χ0n) is 23.2. The van der Waals surface area contributed by atoms with Gasteiger partial charge in [0, 0.05) is 65.5 Å². The van der Waals surface area contributed by atoms with Crippen molar-refractivity contribution in [2.75, 3.05) is 6.54 Å². The normalized spacial score (nSPS) is 26.2. The first-order valence-electron chi connectivity index (χ1n) is 14.5. The van der Waals surface area contributed by atoms with Gasteiger partial charge in [-0.05, 0) is 64.0 Å². The summed E-state index contributed by atoms with van der Waals surface area (Å²) in [6, 6.07) is 5.16. The highest BCUT2D eigenvalue weighted by Crippen LogP contribution is 2.43. The molecular weight excluding hydrogens is 520 g/mol. The first kappa shape index (κ1) is 28.3. The van der Waals surface area contributed by atoms with Crippen LogP contribution in [0.4, 0.5) is 8.78 Å². The van der Waals surface area contributed by atoms with E-state index >= 15 is 0 Å². The van der Waals surface area contributed by atoms with E-state index in [2.05, 4.69) is 38.8 Å². The molecule has 1 saturated carbocycles. The number of hydrogen-bond acceptors (Lipinski definition) is 6. The third kappa shape index (κ3) is 6.26. The van der Waals surface area contributed by atoms with Crippen LogP contribution in [0, 0.1) is 12.8 Å². The van der Waals surface area contributed by atoms with Crippen molar-refractivity contribution in [2.24, 2.45) is 5.92 Å². The minimum Gasteiger partial charge on any atom is -0.348 e. The monoisotopic (exact) mass is 561 g/mol. The van der Waals surface area contributed by atoms with Crippen LogP contribution in [0.5, 0.6) is 0 Å². The molecule has 1 amide bonds. The van der Waals surface area contributed by atoms with E-state index < -0.39 is 5.92 Å². The summed E-state index contributed by atoms with van der Waals surface area (Å²) < 4.78 is 29.7. The molecule has 4 heterocycles. The molecule has 2 aromatic rings. The van der Waals surface area contributed by atoms with Gasteiger partial charge in [-0.25, -0.2) is 8.78 Å². The first-order chi connectivity index (χ1) is 18.6. The molecule has 2 aromatic heterocycles. The second-order valence-corrected chi connectivity index (χ2v) is 13.2. The van der Waals surface area contributed by atoms with Crippen LogP contribution in [0.2, 0.25) is 0 Å². The number of carbonyl (C=O) groups excluding carboxylic acids is 2. The highest BCUT2D eigenvalue weighted by molar-refractivity contribution is 7.12. The Morgan fingerprint density at radius 3 is 2.46 bits per heavy atom. The topological polar surface area (TPSA) is 80.1 Å². The average Bonchev–Trinajstić information content (AvgIpc) is 3.57. The number of rotatable bonds is 10. The SMILES string of the molecule is Cc1nnc(C(C)C)n1C1CC2CCC(C1)N2CC[C@H](NC(=O)C1CCC(F)(F)CC1)c1ccc(CC=O)s1. The van der Waals surface area contributed by atoms with E-state index in [4.69, 9.17) is 0 Å². The van der Waals surface area contributed by atoms with Crippen LogP contribution in [-0.4, -0.2) is 56.4 Å². The van der Waals surface area contributed by atoms with E-state index in [1.807, 2.05) is 19.1 Å². The molecule has 0 radical (unpaired) electrons. The van der Waals surface area contributed by atoms with E-state index in [1.165, 1.54) is 12.8 Å². The van der Waals surface area contributed by atoms with Crippen LogP contribution in [0.25, 0.3) is 0 Å². The van der Waals surface area contributed by atoms with Crippen molar-refractivity contribution in [3.8, 4) is 0 Å². The fourth-order valence-electron chi connectivity index (χ4n) is 6.98. The molecule has 1 aliphatic carbocycles. The summed E-state index contributed by atoms with van der Waals surface area (Å²) >= 11 is 1.56. The molecule has 7 nitrogen and oxygen atoms in total. The number of piperidine rings is 1. The molecule has 2 aliphatic heterocycles. The fraction of sp³-hybridized carbons (Fsp3) is 0.724. The third-order valence-corrected chi connectivity index (χ3v) is 10.2. The number of amides is 1. The highest BCUT2D eigenvalue weighted by Gasteiger charge is 2.43. The molecule has 39 heavy (non-hydrogen) atoms. The molecule has 5 rings (SSSR count). The quantitative estimate of drug-likeness (QED) is 0.374. The fourth-order valence-corrected chi connectivity index (χ4v) is 8.03. The van der Waals surface area contributed by atoms with Gasteiger partial charge in [-0.3, -0.25) is 9.69 Å². The van der Waals surface area contributed by atoms with Gasteiger partial charge in [0.15, 0.2) is 0 Å². The molecule has 2 saturated heterocycles. The minimum atomic E-state index is -2.65. The van der Waals surface area contributed by atoms with Gasteiger partial charge in [0.05, 0.1) is 6.04 Å². The van der Waals surface area contributed by atoms with Crippen molar-refractivity contribution in [3.05, 3.63) is 33.5 Å². The standard InChI is InChI=1S/C29H41F2N5O2S/c1-18(2)27-34-33-19(3)36(27)23-16-21-4-5-22(17-23)35(21)14-10-25(26-7-6-24(39-26)11-15-37)32-28(38)20-8-12-29(30,31)13-9-20/h6-7,15,18,20-23,25H,4-5,8-14,16-17H2,1-3H3,(H,32,38)/t21?,22?,23?,25-/m0/s1. The number of nitrogens with one attached hydrogen (secondary N) is 1. The van der Waals surface area contributed by atoms with Crippen LogP contribution in [0.3, 0.4) is 0 Å². The third-order valence-electron chi connectivity index (χ3n) is 9.02.